The quantitative estimate of drug-likeness (QED) is 0.0849. The van der Waals surface area contributed by atoms with E-state index in [0.717, 1.165) is 49.0 Å². The second-order valence-electron chi connectivity index (χ2n) is 14.4. The van der Waals surface area contributed by atoms with E-state index >= 15 is 0 Å². The van der Waals surface area contributed by atoms with E-state index in [0.29, 0.717) is 26.2 Å². The van der Waals surface area contributed by atoms with E-state index in [4.69, 9.17) is 0 Å². The average Bonchev–Trinajstić information content (AvgIpc) is 3.89. The molecule has 0 unspecified atom stereocenters. The summed E-state index contributed by atoms with van der Waals surface area (Å²) in [6, 6.07) is 20.5. The van der Waals surface area contributed by atoms with E-state index in [9.17, 15) is 5.11 Å². The second-order valence-corrected chi connectivity index (χ2v) is 14.4. The van der Waals surface area contributed by atoms with Gasteiger partial charge in [0.25, 0.3) is 23.3 Å². The highest BCUT2D eigenvalue weighted by Gasteiger charge is 2.27. The highest BCUT2D eigenvalue weighted by molar-refractivity contribution is 5.53. The first kappa shape index (κ1) is 41.4. The molecular formula is C47H62N8O+4. The largest absolute Gasteiger partial charge is 0.385 e. The van der Waals surface area contributed by atoms with Crippen LogP contribution in [0.4, 0.5) is 0 Å². The molecule has 292 valence electrons. The Hall–Kier alpha value is -5.80. The van der Waals surface area contributed by atoms with Gasteiger partial charge in [0.1, 0.15) is 106 Å². The van der Waals surface area contributed by atoms with Crippen LogP contribution in [0.5, 0.6) is 0 Å². The summed E-state index contributed by atoms with van der Waals surface area (Å²) >= 11 is 0. The summed E-state index contributed by atoms with van der Waals surface area (Å²) < 4.78 is 18.0. The van der Waals surface area contributed by atoms with Crippen molar-refractivity contribution in [1.29, 1.82) is 0 Å². The number of rotatable bonds is 17. The molecular weight excluding hydrogens is 693 g/mol. The summed E-state index contributed by atoms with van der Waals surface area (Å²) in [4.78, 5) is 0. The summed E-state index contributed by atoms with van der Waals surface area (Å²) in [5, 5.41) is 11.1. The van der Waals surface area contributed by atoms with Crippen LogP contribution in [0.15, 0.2) is 136 Å². The lowest BCUT2D eigenvalue weighted by molar-refractivity contribution is -0.788. The molecule has 0 spiro atoms. The fourth-order valence-corrected chi connectivity index (χ4v) is 7.85. The molecule has 4 heterocycles. The van der Waals surface area contributed by atoms with Gasteiger partial charge in [0.2, 0.25) is 0 Å². The van der Waals surface area contributed by atoms with E-state index in [1.54, 1.807) is 0 Å². The topological polar surface area (TPSA) is 55.5 Å². The average molecular weight is 755 g/mol. The van der Waals surface area contributed by atoms with Gasteiger partial charge in [-0.2, -0.15) is 0 Å². The van der Waals surface area contributed by atoms with Crippen molar-refractivity contribution in [1.82, 2.24) is 18.3 Å². The van der Waals surface area contributed by atoms with Crippen LogP contribution >= 0.6 is 0 Å². The SMILES string of the molecule is C=CCn1c(C)c(C)[n+](CC[n+]2c(C)c(C)n(CC=C)c2C)c1C.C=CCn1cc[n+](CC(O)C[n+]2ccn(CC=C)c2-c2ccccc2)c1-c1ccccc1. The number of aromatic nitrogens is 8. The van der Waals surface area contributed by atoms with Gasteiger partial charge in [-0.3, -0.25) is 0 Å². The molecule has 2 aromatic carbocycles. The Kier molecular flexibility index (Phi) is 14.2. The Morgan fingerprint density at radius 2 is 0.911 bits per heavy atom. The molecule has 0 aliphatic carbocycles. The molecule has 1 N–H and O–H groups in total. The maximum absolute atomic E-state index is 11.1. The van der Waals surface area contributed by atoms with Crippen molar-refractivity contribution in [2.45, 2.75) is 100 Å². The third-order valence-corrected chi connectivity index (χ3v) is 10.9. The van der Waals surface area contributed by atoms with Gasteiger partial charge < -0.3 is 5.11 Å². The van der Waals surface area contributed by atoms with Crippen LogP contribution in [0.25, 0.3) is 22.8 Å². The predicted octanol–water partition coefficient (Wildman–Crippen LogP) is 6.42. The molecule has 0 fully saturated rings. The lowest BCUT2D eigenvalue weighted by Crippen LogP contribution is -2.49. The number of hydrogen-bond acceptors (Lipinski definition) is 1. The van der Waals surface area contributed by atoms with Gasteiger partial charge >= 0.3 is 0 Å². The summed E-state index contributed by atoms with van der Waals surface area (Å²) in [6.45, 7) is 34.8. The van der Waals surface area contributed by atoms with Gasteiger partial charge in [-0.1, -0.05) is 87.0 Å². The Morgan fingerprint density at radius 3 is 1.25 bits per heavy atom. The number of nitrogens with zero attached hydrogens (tertiary/aromatic N) is 8. The fraction of sp³-hybridized carbons (Fsp3) is 0.319. The van der Waals surface area contributed by atoms with Crippen molar-refractivity contribution < 1.29 is 23.4 Å². The molecule has 0 aliphatic rings. The molecule has 0 bridgehead atoms. The zero-order valence-corrected chi connectivity index (χ0v) is 34.5. The lowest BCUT2D eigenvalue weighted by atomic mass is 10.2. The zero-order valence-electron chi connectivity index (χ0n) is 34.5. The highest BCUT2D eigenvalue weighted by atomic mass is 16.3. The van der Waals surface area contributed by atoms with E-state index in [1.807, 2.05) is 85.5 Å². The molecule has 6 rings (SSSR count). The number of benzene rings is 2. The molecule has 0 saturated heterocycles. The van der Waals surface area contributed by atoms with Crippen LogP contribution in [-0.2, 0) is 52.4 Å². The van der Waals surface area contributed by atoms with Crippen molar-refractivity contribution >= 4 is 0 Å². The monoisotopic (exact) mass is 755 g/mol. The van der Waals surface area contributed by atoms with E-state index in [-0.39, 0.29) is 0 Å². The highest BCUT2D eigenvalue weighted by Crippen LogP contribution is 2.18. The molecule has 6 aromatic rings. The van der Waals surface area contributed by atoms with Gasteiger partial charge in [-0.05, 0) is 24.3 Å². The maximum atomic E-state index is 11.1. The minimum absolute atomic E-state index is 0.488. The third-order valence-electron chi connectivity index (χ3n) is 10.9. The number of aliphatic hydroxyl groups is 1. The fourth-order valence-electron chi connectivity index (χ4n) is 7.85. The molecule has 0 radical (unpaired) electrons. The van der Waals surface area contributed by atoms with Gasteiger partial charge in [0.05, 0.1) is 11.1 Å². The molecule has 0 saturated carbocycles. The van der Waals surface area contributed by atoms with Crippen molar-refractivity contribution in [2.75, 3.05) is 0 Å². The van der Waals surface area contributed by atoms with Crippen LogP contribution in [-0.4, -0.2) is 29.5 Å². The Labute approximate surface area is 334 Å². The number of allylic oxidation sites excluding steroid dienone is 4. The number of imidazole rings is 4. The first-order valence-electron chi connectivity index (χ1n) is 19.6. The number of hydrogen-bond donors (Lipinski definition) is 1. The maximum Gasteiger partial charge on any atom is 0.289 e. The smallest absolute Gasteiger partial charge is 0.289 e. The lowest BCUT2D eigenvalue weighted by Gasteiger charge is -2.11. The molecule has 9 nitrogen and oxygen atoms in total. The molecule has 9 heteroatoms. The van der Waals surface area contributed by atoms with Crippen LogP contribution in [0.1, 0.15) is 34.4 Å². The van der Waals surface area contributed by atoms with Crippen LogP contribution in [0.2, 0.25) is 0 Å². The minimum Gasteiger partial charge on any atom is -0.385 e. The summed E-state index contributed by atoms with van der Waals surface area (Å²) in [7, 11) is 0. The van der Waals surface area contributed by atoms with Gasteiger partial charge in [-0.25, -0.2) is 36.5 Å². The van der Waals surface area contributed by atoms with E-state index in [2.05, 4.69) is 129 Å². The van der Waals surface area contributed by atoms with Crippen molar-refractivity contribution in [3.8, 4) is 22.8 Å². The van der Waals surface area contributed by atoms with E-state index < -0.39 is 6.10 Å². The summed E-state index contributed by atoms with van der Waals surface area (Å²) in [5.74, 6) is 4.70. The van der Waals surface area contributed by atoms with Gasteiger partial charge in [0.15, 0.2) is 0 Å². The standard InChI is InChI=1S/C27H30N4O.C20H32N4/c1-3-15-28-17-19-30(26(28)23-11-7-5-8-12-23)21-25(32)22-31-20-18-29(16-4-2)27(31)24-13-9-6-10-14-24;1-9-11-21-15(3)17(5)23(19(21)7)13-14-24-18(6)16(4)22(12-10-2)20(24)8/h3-14,17-20,25,32H,1-2,15-16,21-22H2;9-10H,1-2,11-14H2,3-8H3/q2*+2. The zero-order chi connectivity index (χ0) is 40.4. The first-order chi connectivity index (χ1) is 27.1. The molecule has 0 amide bonds. The second kappa shape index (κ2) is 19.2. The van der Waals surface area contributed by atoms with E-state index in [1.165, 1.54) is 34.4 Å². The van der Waals surface area contributed by atoms with Crippen LogP contribution in [0.3, 0.4) is 0 Å². The molecule has 0 aliphatic heterocycles. The Bertz CT molecular complexity index is 2110. The third kappa shape index (κ3) is 9.01. The summed E-state index contributed by atoms with van der Waals surface area (Å²) in [6.07, 6.45) is 15.3. The Morgan fingerprint density at radius 1 is 0.554 bits per heavy atom. The first-order valence-corrected chi connectivity index (χ1v) is 19.6. The van der Waals surface area contributed by atoms with Gasteiger partial charge in [0, 0.05) is 41.5 Å². The normalized spacial score (nSPS) is 11.1. The van der Waals surface area contributed by atoms with Crippen LogP contribution < -0.4 is 18.3 Å². The molecule has 0 atom stereocenters. The molecule has 56 heavy (non-hydrogen) atoms. The number of aliphatic hydroxyl groups excluding tert-OH is 1. The van der Waals surface area contributed by atoms with Crippen LogP contribution in [0, 0.1) is 41.5 Å². The van der Waals surface area contributed by atoms with Crippen molar-refractivity contribution in [2.24, 2.45) is 0 Å². The minimum atomic E-state index is -0.561. The predicted molar refractivity (Wildman–Crippen MR) is 225 cm³/mol. The Balaban J connectivity index is 0.000000224. The van der Waals surface area contributed by atoms with Crippen molar-refractivity contribution in [3.05, 3.63) is 170 Å². The van der Waals surface area contributed by atoms with Crippen molar-refractivity contribution in [3.63, 3.8) is 0 Å². The summed E-state index contributed by atoms with van der Waals surface area (Å²) in [5.41, 5.74) is 7.56. The molecule has 4 aromatic heterocycles. The van der Waals surface area contributed by atoms with Gasteiger partial charge in [-0.15, -0.1) is 0 Å².